The molecule has 3 saturated heterocycles. The minimum Gasteiger partial charge on any atom is -0.438 e. The van der Waals surface area contributed by atoms with Gasteiger partial charge in [-0.15, -0.1) is 0 Å². The molecule has 0 aliphatic carbocycles. The van der Waals surface area contributed by atoms with Crippen molar-refractivity contribution in [2.45, 2.75) is 93.2 Å². The van der Waals surface area contributed by atoms with E-state index >= 15 is 0 Å². The molecule has 0 saturated carbocycles. The Morgan fingerprint density at radius 1 is 1.28 bits per heavy atom. The van der Waals surface area contributed by atoms with Crippen molar-refractivity contribution in [2.24, 2.45) is 5.92 Å². The van der Waals surface area contributed by atoms with E-state index in [2.05, 4.69) is 45.6 Å². The number of allylic oxidation sites excluding steroid dienone is 2. The van der Waals surface area contributed by atoms with E-state index in [1.54, 1.807) is 6.92 Å². The molecular formula is C26H38INO8. The lowest BCUT2D eigenvalue weighted by atomic mass is 9.88. The van der Waals surface area contributed by atoms with Crippen LogP contribution in [0.15, 0.2) is 36.0 Å². The Kier molecular flexibility index (Phi) is 10.4. The summed E-state index contributed by atoms with van der Waals surface area (Å²) in [5.41, 5.74) is 0.745. The van der Waals surface area contributed by atoms with Gasteiger partial charge in [0.1, 0.15) is 5.60 Å². The van der Waals surface area contributed by atoms with E-state index < -0.39 is 18.5 Å². The highest BCUT2D eigenvalue weighted by Gasteiger charge is 2.58. The molecule has 0 aromatic rings. The Hall–Kier alpha value is -1.47. The molecule has 9 atom stereocenters. The molecule has 2 N–H and O–H groups in total. The third-order valence-corrected chi connectivity index (χ3v) is 8.66. The van der Waals surface area contributed by atoms with Gasteiger partial charge in [-0.25, -0.2) is 4.79 Å². The molecule has 3 rings (SSSR count). The monoisotopic (exact) mass is 619 g/mol. The van der Waals surface area contributed by atoms with Crippen molar-refractivity contribution >= 4 is 34.7 Å². The van der Waals surface area contributed by atoms with Crippen LogP contribution in [0.4, 0.5) is 4.79 Å². The molecule has 3 fully saturated rings. The van der Waals surface area contributed by atoms with Gasteiger partial charge in [0.25, 0.3) is 0 Å². The van der Waals surface area contributed by atoms with Gasteiger partial charge >= 0.3 is 6.16 Å². The second-order valence-electron chi connectivity index (χ2n) is 9.91. The predicted octanol–water partition coefficient (Wildman–Crippen LogP) is 3.58. The first-order valence-electron chi connectivity index (χ1n) is 12.4. The standard InChI is InChI=1S/C26H38INO8/c1-15(7-10-21-24(27)26(14-33-26)13-23(35-21)36-25(31)32-5)6-9-20-16(2)12-19(18(4)34-20)28-22(30)11-8-17(3)29/h6-8,10-11,16-21,23-24,29H,9,12-14H2,1-5H3,(H,28,30)/b10-7+,11-8-,15-6+/t16-,17-,18+,19+,20?,21+,23+,24-,26?/m0/s1. The third-order valence-electron chi connectivity index (χ3n) is 6.81. The fourth-order valence-corrected chi connectivity index (χ4v) is 5.53. The molecule has 1 amide bonds. The molecule has 202 valence electrons. The molecule has 0 bridgehead atoms. The summed E-state index contributed by atoms with van der Waals surface area (Å²) in [5.74, 6) is 0.0442. The van der Waals surface area contributed by atoms with E-state index in [9.17, 15) is 14.7 Å². The zero-order chi connectivity index (χ0) is 26.5. The van der Waals surface area contributed by atoms with Crippen LogP contribution < -0.4 is 5.32 Å². The van der Waals surface area contributed by atoms with Crippen molar-refractivity contribution in [3.63, 3.8) is 0 Å². The van der Waals surface area contributed by atoms with Gasteiger partial charge < -0.3 is 34.1 Å². The number of aliphatic hydroxyl groups excluding tert-OH is 1. The van der Waals surface area contributed by atoms with Gasteiger partial charge in [-0.05, 0) is 39.5 Å². The molecule has 1 spiro atoms. The van der Waals surface area contributed by atoms with Crippen LogP contribution in [0.1, 0.15) is 47.0 Å². The van der Waals surface area contributed by atoms with Crippen molar-refractivity contribution < 1.29 is 38.4 Å². The number of hydrogen-bond donors (Lipinski definition) is 2. The summed E-state index contributed by atoms with van der Waals surface area (Å²) in [6.45, 7) is 8.36. The van der Waals surface area contributed by atoms with Crippen molar-refractivity contribution in [1.82, 2.24) is 5.32 Å². The smallest absolute Gasteiger partial charge is 0.438 e. The maximum absolute atomic E-state index is 12.1. The number of carbonyl (C=O) groups excluding carboxylic acids is 2. The molecule has 0 aromatic heterocycles. The van der Waals surface area contributed by atoms with Crippen LogP contribution >= 0.6 is 22.6 Å². The minimum atomic E-state index is -0.768. The first-order valence-corrected chi connectivity index (χ1v) is 13.6. The third kappa shape index (κ3) is 8.01. The van der Waals surface area contributed by atoms with Crippen molar-refractivity contribution in [1.29, 1.82) is 0 Å². The van der Waals surface area contributed by atoms with Gasteiger partial charge in [0, 0.05) is 12.5 Å². The van der Waals surface area contributed by atoms with E-state index in [4.69, 9.17) is 18.9 Å². The normalized spacial score (nSPS) is 37.8. The van der Waals surface area contributed by atoms with E-state index in [0.29, 0.717) is 13.0 Å². The topological polar surface area (TPSA) is 116 Å². The first-order chi connectivity index (χ1) is 17.0. The van der Waals surface area contributed by atoms with E-state index in [-0.39, 0.29) is 45.7 Å². The molecule has 2 unspecified atom stereocenters. The molecule has 3 heterocycles. The number of ether oxygens (including phenoxy) is 5. The Morgan fingerprint density at radius 3 is 2.64 bits per heavy atom. The first kappa shape index (κ1) is 29.1. The van der Waals surface area contributed by atoms with Gasteiger partial charge in [-0.1, -0.05) is 59.4 Å². The molecule has 36 heavy (non-hydrogen) atoms. The summed E-state index contributed by atoms with van der Waals surface area (Å²) in [5, 5.41) is 12.3. The highest BCUT2D eigenvalue weighted by Crippen LogP contribution is 2.46. The molecule has 10 heteroatoms. The van der Waals surface area contributed by atoms with E-state index in [0.717, 1.165) is 18.4 Å². The number of methoxy groups -OCH3 is 1. The quantitative estimate of drug-likeness (QED) is 0.106. The Morgan fingerprint density at radius 2 is 2.00 bits per heavy atom. The van der Waals surface area contributed by atoms with Crippen LogP contribution in [-0.4, -0.2) is 77.2 Å². The fourth-order valence-electron chi connectivity index (χ4n) is 4.51. The summed E-state index contributed by atoms with van der Waals surface area (Å²) >= 11 is 2.34. The van der Waals surface area contributed by atoms with Crippen LogP contribution in [0.3, 0.4) is 0 Å². The summed E-state index contributed by atoms with van der Waals surface area (Å²) in [4.78, 5) is 23.6. The highest BCUT2D eigenvalue weighted by molar-refractivity contribution is 14.1. The average Bonchev–Trinajstić information content (AvgIpc) is 3.60. The number of alkyl halides is 1. The fraction of sp³-hybridized carbons (Fsp3) is 0.692. The van der Waals surface area contributed by atoms with Crippen LogP contribution in [0, 0.1) is 5.92 Å². The molecule has 0 aromatic carbocycles. The molecule has 0 radical (unpaired) electrons. The van der Waals surface area contributed by atoms with Crippen molar-refractivity contribution in [3.05, 3.63) is 36.0 Å². The van der Waals surface area contributed by atoms with E-state index in [1.807, 2.05) is 26.0 Å². The Bertz CT molecular complexity index is 868. The number of amides is 1. The maximum Gasteiger partial charge on any atom is 0.510 e. The number of carbonyl (C=O) groups is 2. The molecule has 3 aliphatic rings. The van der Waals surface area contributed by atoms with Crippen LogP contribution in [0.2, 0.25) is 0 Å². The van der Waals surface area contributed by atoms with Crippen LogP contribution in [0.5, 0.6) is 0 Å². The number of nitrogens with one attached hydrogen (secondary N) is 1. The lowest BCUT2D eigenvalue weighted by molar-refractivity contribution is -0.171. The molecule has 3 aliphatic heterocycles. The number of aliphatic hydroxyl groups is 1. The average molecular weight is 619 g/mol. The van der Waals surface area contributed by atoms with Gasteiger partial charge in [-0.2, -0.15) is 0 Å². The predicted molar refractivity (Wildman–Crippen MR) is 142 cm³/mol. The summed E-state index contributed by atoms with van der Waals surface area (Å²) in [6.07, 6.45) is 8.56. The van der Waals surface area contributed by atoms with Crippen LogP contribution in [0.25, 0.3) is 0 Å². The summed E-state index contributed by atoms with van der Waals surface area (Å²) in [6, 6.07) is -0.0754. The number of epoxide rings is 1. The lowest BCUT2D eigenvalue weighted by Crippen LogP contribution is -2.50. The zero-order valence-electron chi connectivity index (χ0n) is 21.5. The Labute approximate surface area is 226 Å². The van der Waals surface area contributed by atoms with Crippen LogP contribution in [-0.2, 0) is 28.5 Å². The SMILES string of the molecule is COC(=O)O[C@@H]1CC2(CO2)[C@@H](I)[C@@H](/C=C/C(C)=C/CC2O[C@H](C)[C@H](NC(=O)/C=C\[C@H](C)O)C[C@@H]2C)O1. The van der Waals surface area contributed by atoms with Gasteiger partial charge in [0.05, 0.1) is 48.1 Å². The van der Waals surface area contributed by atoms with Gasteiger partial charge in [0.15, 0.2) is 0 Å². The summed E-state index contributed by atoms with van der Waals surface area (Å²) < 4.78 is 27.9. The Balaban J connectivity index is 1.52. The second-order valence-corrected chi connectivity index (χ2v) is 11.3. The zero-order valence-corrected chi connectivity index (χ0v) is 23.7. The largest absolute Gasteiger partial charge is 0.510 e. The van der Waals surface area contributed by atoms with Crippen molar-refractivity contribution in [2.75, 3.05) is 13.7 Å². The van der Waals surface area contributed by atoms with E-state index in [1.165, 1.54) is 19.3 Å². The number of hydrogen-bond acceptors (Lipinski definition) is 8. The van der Waals surface area contributed by atoms with Gasteiger partial charge in [-0.3, -0.25) is 4.79 Å². The highest BCUT2D eigenvalue weighted by atomic mass is 127. The van der Waals surface area contributed by atoms with Crippen molar-refractivity contribution in [3.8, 4) is 0 Å². The minimum absolute atomic E-state index is 0.0498. The second kappa shape index (κ2) is 12.9. The maximum atomic E-state index is 12.1. The summed E-state index contributed by atoms with van der Waals surface area (Å²) in [7, 11) is 1.27. The molecular weight excluding hydrogens is 581 g/mol. The van der Waals surface area contributed by atoms with Gasteiger partial charge in [0.2, 0.25) is 12.2 Å². The lowest BCUT2D eigenvalue weighted by Gasteiger charge is -2.39. The molecule has 9 nitrogen and oxygen atoms in total. The number of halogens is 1. The number of rotatable bonds is 8.